The molecule has 0 aliphatic heterocycles. The Morgan fingerprint density at radius 3 is 2.35 bits per heavy atom. The number of hydrogen-bond acceptors (Lipinski definition) is 3. The van der Waals surface area contributed by atoms with Crippen LogP contribution in [0.4, 0.5) is 0 Å². The van der Waals surface area contributed by atoms with Gasteiger partial charge in [-0.3, -0.25) is 4.79 Å². The molecule has 0 spiro atoms. The number of carbonyl (C=O) groups excluding carboxylic acids is 1. The van der Waals surface area contributed by atoms with E-state index in [1.807, 2.05) is 30.3 Å². The van der Waals surface area contributed by atoms with Crippen LogP contribution in [0.2, 0.25) is 0 Å². The van der Waals surface area contributed by atoms with E-state index in [0.717, 1.165) is 12.1 Å². The lowest BCUT2D eigenvalue weighted by Crippen LogP contribution is -2.37. The van der Waals surface area contributed by atoms with E-state index in [9.17, 15) is 4.79 Å². The van der Waals surface area contributed by atoms with Crippen molar-refractivity contribution in [2.45, 2.75) is 33.6 Å². The summed E-state index contributed by atoms with van der Waals surface area (Å²) in [4.78, 5) is 11.9. The summed E-state index contributed by atoms with van der Waals surface area (Å²) in [5.74, 6) is 0.151. The fourth-order valence-corrected chi connectivity index (χ4v) is 1.91. The summed E-state index contributed by atoms with van der Waals surface area (Å²) in [5, 5.41) is 3.42. The van der Waals surface area contributed by atoms with E-state index in [2.05, 4.69) is 33.0 Å². The first-order valence-corrected chi connectivity index (χ1v) is 7.22. The average molecular weight is 277 g/mol. The van der Waals surface area contributed by atoms with Gasteiger partial charge in [0.15, 0.2) is 0 Å². The van der Waals surface area contributed by atoms with Gasteiger partial charge in [0.1, 0.15) is 0 Å². The zero-order valence-electron chi connectivity index (χ0n) is 13.3. The van der Waals surface area contributed by atoms with E-state index in [0.29, 0.717) is 12.5 Å². The Bertz CT molecular complexity index is 412. The van der Waals surface area contributed by atoms with Crippen molar-refractivity contribution >= 4 is 5.97 Å². The van der Waals surface area contributed by atoms with Gasteiger partial charge >= 0.3 is 5.97 Å². The molecule has 112 valence electrons. The van der Waals surface area contributed by atoms with E-state index in [1.165, 1.54) is 7.11 Å². The van der Waals surface area contributed by atoms with Gasteiger partial charge in [-0.15, -0.1) is 0 Å². The third-order valence-corrected chi connectivity index (χ3v) is 4.18. The Labute approximate surface area is 122 Å². The van der Waals surface area contributed by atoms with Gasteiger partial charge in [0, 0.05) is 13.1 Å². The van der Waals surface area contributed by atoms with Crippen molar-refractivity contribution in [2.24, 2.45) is 11.3 Å². The first-order valence-electron chi connectivity index (χ1n) is 7.22. The molecule has 0 saturated heterocycles. The number of methoxy groups -OCH3 is 1. The summed E-state index contributed by atoms with van der Waals surface area (Å²) < 4.78 is 4.92. The quantitative estimate of drug-likeness (QED) is 0.778. The molecule has 1 unspecified atom stereocenters. The lowest BCUT2D eigenvalue weighted by molar-refractivity contribution is -0.142. The maximum atomic E-state index is 11.9. The van der Waals surface area contributed by atoms with Crippen molar-refractivity contribution in [3.8, 4) is 0 Å². The molecule has 0 heterocycles. The molecule has 3 heteroatoms. The van der Waals surface area contributed by atoms with Gasteiger partial charge in [0.05, 0.1) is 13.0 Å². The normalized spacial score (nSPS) is 13.3. The minimum absolute atomic E-state index is 0.189. The van der Waals surface area contributed by atoms with Crippen molar-refractivity contribution in [2.75, 3.05) is 20.2 Å². The highest BCUT2D eigenvalue weighted by Gasteiger charge is 2.25. The molecule has 0 aliphatic carbocycles. The third-order valence-electron chi connectivity index (χ3n) is 4.18. The molecule has 0 aliphatic rings. The van der Waals surface area contributed by atoms with Crippen LogP contribution in [0.25, 0.3) is 0 Å². The van der Waals surface area contributed by atoms with Gasteiger partial charge < -0.3 is 10.1 Å². The molecule has 0 radical (unpaired) electrons. The maximum absolute atomic E-state index is 11.9. The number of carbonyl (C=O) groups is 1. The summed E-state index contributed by atoms with van der Waals surface area (Å²) in [6.45, 7) is 10.4. The van der Waals surface area contributed by atoms with E-state index in [4.69, 9.17) is 4.74 Å². The van der Waals surface area contributed by atoms with Crippen molar-refractivity contribution in [3.05, 3.63) is 35.9 Å². The van der Waals surface area contributed by atoms with Crippen LogP contribution in [-0.4, -0.2) is 26.2 Å². The summed E-state index contributed by atoms with van der Waals surface area (Å²) in [6.07, 6.45) is 0. The number of benzene rings is 1. The van der Waals surface area contributed by atoms with E-state index in [1.54, 1.807) is 0 Å². The third kappa shape index (κ3) is 4.64. The van der Waals surface area contributed by atoms with Gasteiger partial charge in [0.25, 0.3) is 0 Å². The molecule has 0 fully saturated rings. The molecule has 1 atom stereocenters. The topological polar surface area (TPSA) is 38.3 Å². The minimum Gasteiger partial charge on any atom is -0.469 e. The second-order valence-electron chi connectivity index (χ2n) is 6.26. The Hall–Kier alpha value is -1.35. The lowest BCUT2D eigenvalue weighted by Gasteiger charge is -2.30. The van der Waals surface area contributed by atoms with E-state index < -0.39 is 0 Å². The smallest absolute Gasteiger partial charge is 0.314 e. The standard InChI is InChI=1S/C17H27NO2/c1-13(2)17(3,4)12-18-11-15(16(19)20-5)14-9-7-6-8-10-14/h6-10,13,15,18H,11-12H2,1-5H3. The first kappa shape index (κ1) is 16.7. The molecular formula is C17H27NO2. The molecule has 1 rings (SSSR count). The Morgan fingerprint density at radius 2 is 1.85 bits per heavy atom. The van der Waals surface area contributed by atoms with E-state index >= 15 is 0 Å². The molecule has 0 saturated carbocycles. The number of hydrogen-bond donors (Lipinski definition) is 1. The molecule has 1 aromatic carbocycles. The van der Waals surface area contributed by atoms with Crippen LogP contribution < -0.4 is 5.32 Å². The summed E-state index contributed by atoms with van der Waals surface area (Å²) in [5.41, 5.74) is 1.20. The molecule has 0 aromatic heterocycles. The fraction of sp³-hybridized carbons (Fsp3) is 0.588. The zero-order valence-corrected chi connectivity index (χ0v) is 13.3. The van der Waals surface area contributed by atoms with Gasteiger partial charge in [-0.25, -0.2) is 0 Å². The molecule has 0 bridgehead atoms. The van der Waals surface area contributed by atoms with Crippen molar-refractivity contribution in [1.82, 2.24) is 5.32 Å². The van der Waals surface area contributed by atoms with E-state index in [-0.39, 0.29) is 17.3 Å². The molecular weight excluding hydrogens is 250 g/mol. The van der Waals surface area contributed by atoms with Crippen LogP contribution >= 0.6 is 0 Å². The Kier molecular flexibility index (Phi) is 6.21. The van der Waals surface area contributed by atoms with Crippen LogP contribution in [0.5, 0.6) is 0 Å². The Balaban J connectivity index is 2.66. The minimum atomic E-state index is -0.246. The number of rotatable bonds is 7. The number of esters is 1. The summed E-state index contributed by atoms with van der Waals surface area (Å²) in [7, 11) is 1.44. The van der Waals surface area contributed by atoms with Crippen molar-refractivity contribution < 1.29 is 9.53 Å². The largest absolute Gasteiger partial charge is 0.469 e. The summed E-state index contributed by atoms with van der Waals surface area (Å²) >= 11 is 0. The summed E-state index contributed by atoms with van der Waals surface area (Å²) in [6, 6.07) is 9.79. The van der Waals surface area contributed by atoms with Crippen LogP contribution in [-0.2, 0) is 9.53 Å². The monoisotopic (exact) mass is 277 g/mol. The highest BCUT2D eigenvalue weighted by atomic mass is 16.5. The second-order valence-corrected chi connectivity index (χ2v) is 6.26. The molecule has 20 heavy (non-hydrogen) atoms. The van der Waals surface area contributed by atoms with Crippen LogP contribution in [0.1, 0.15) is 39.2 Å². The maximum Gasteiger partial charge on any atom is 0.314 e. The fourth-order valence-electron chi connectivity index (χ4n) is 1.91. The highest BCUT2D eigenvalue weighted by molar-refractivity contribution is 5.78. The SMILES string of the molecule is COC(=O)C(CNCC(C)(C)C(C)C)c1ccccc1. The average Bonchev–Trinajstić information content (AvgIpc) is 2.43. The van der Waals surface area contributed by atoms with Gasteiger partial charge in [0.2, 0.25) is 0 Å². The predicted molar refractivity (Wildman–Crippen MR) is 82.7 cm³/mol. The van der Waals surface area contributed by atoms with Crippen LogP contribution in [0.15, 0.2) is 30.3 Å². The van der Waals surface area contributed by atoms with Gasteiger partial charge in [-0.2, -0.15) is 0 Å². The first-order chi connectivity index (χ1) is 9.38. The van der Waals surface area contributed by atoms with Gasteiger partial charge in [-0.1, -0.05) is 58.0 Å². The highest BCUT2D eigenvalue weighted by Crippen LogP contribution is 2.25. The Morgan fingerprint density at radius 1 is 1.25 bits per heavy atom. The molecule has 1 aromatic rings. The second kappa shape index (κ2) is 7.44. The number of nitrogens with one attached hydrogen (secondary N) is 1. The predicted octanol–water partition coefficient (Wildman–Crippen LogP) is 3.22. The zero-order chi connectivity index (χ0) is 15.2. The van der Waals surface area contributed by atoms with Crippen LogP contribution in [0.3, 0.4) is 0 Å². The lowest BCUT2D eigenvalue weighted by atomic mass is 9.81. The molecule has 0 amide bonds. The molecule has 3 nitrogen and oxygen atoms in total. The van der Waals surface area contributed by atoms with Crippen LogP contribution in [0, 0.1) is 11.3 Å². The number of ether oxygens (including phenoxy) is 1. The molecule has 1 N–H and O–H groups in total. The van der Waals surface area contributed by atoms with Gasteiger partial charge in [-0.05, 0) is 16.9 Å². The van der Waals surface area contributed by atoms with Crippen molar-refractivity contribution in [3.63, 3.8) is 0 Å². The van der Waals surface area contributed by atoms with Crippen molar-refractivity contribution in [1.29, 1.82) is 0 Å².